The van der Waals surface area contributed by atoms with Crippen LogP contribution in [0.25, 0.3) is 0 Å². The van der Waals surface area contributed by atoms with E-state index in [1.807, 2.05) is 17.2 Å². The predicted molar refractivity (Wildman–Crippen MR) is 86.9 cm³/mol. The summed E-state index contributed by atoms with van der Waals surface area (Å²) in [5.41, 5.74) is -0.930. The highest BCUT2D eigenvalue weighted by molar-refractivity contribution is 5.79. The first-order valence-corrected chi connectivity index (χ1v) is 8.55. The number of hydrogen-bond acceptors (Lipinski definition) is 3. The molecule has 4 heterocycles. The number of hydrogen-bond donors (Lipinski definition) is 0. The molecule has 24 heavy (non-hydrogen) atoms. The Labute approximate surface area is 140 Å². The molecular formula is C18H21FN4O. The average Bonchev–Trinajstić information content (AvgIpc) is 3.10. The van der Waals surface area contributed by atoms with E-state index in [0.29, 0.717) is 38.2 Å². The van der Waals surface area contributed by atoms with Crippen LogP contribution < -0.4 is 0 Å². The Morgan fingerprint density at radius 3 is 2.79 bits per heavy atom. The van der Waals surface area contributed by atoms with Crippen LogP contribution in [0.5, 0.6) is 0 Å². The summed E-state index contributed by atoms with van der Waals surface area (Å²) in [6, 6.07) is 5.34. The number of imidazole rings is 1. The Kier molecular flexibility index (Phi) is 3.82. The van der Waals surface area contributed by atoms with Gasteiger partial charge in [0.15, 0.2) is 5.67 Å². The molecule has 1 amide bonds. The molecule has 0 aromatic carbocycles. The van der Waals surface area contributed by atoms with E-state index in [1.165, 1.54) is 0 Å². The Bertz CT molecular complexity index is 722. The minimum Gasteiger partial charge on any atom is -0.342 e. The fourth-order valence-electron chi connectivity index (χ4n) is 3.79. The molecule has 2 aliphatic rings. The quantitative estimate of drug-likeness (QED) is 0.850. The first-order valence-electron chi connectivity index (χ1n) is 8.55. The van der Waals surface area contributed by atoms with Crippen molar-refractivity contribution in [3.8, 4) is 0 Å². The minimum atomic E-state index is -1.41. The second kappa shape index (κ2) is 6.00. The molecular weight excluding hydrogens is 307 g/mol. The van der Waals surface area contributed by atoms with E-state index >= 15 is 4.39 Å². The van der Waals surface area contributed by atoms with E-state index < -0.39 is 5.67 Å². The third-order valence-corrected chi connectivity index (χ3v) is 5.28. The molecule has 2 aromatic rings. The predicted octanol–water partition coefficient (Wildman–Crippen LogP) is 2.33. The van der Waals surface area contributed by atoms with Crippen LogP contribution in [0.2, 0.25) is 0 Å². The van der Waals surface area contributed by atoms with Crippen molar-refractivity contribution in [2.24, 2.45) is 5.92 Å². The van der Waals surface area contributed by atoms with E-state index in [4.69, 9.17) is 0 Å². The smallest absolute Gasteiger partial charge is 0.227 e. The van der Waals surface area contributed by atoms with Crippen molar-refractivity contribution in [1.29, 1.82) is 0 Å². The Hall–Kier alpha value is -2.24. The molecule has 0 bridgehead atoms. The highest BCUT2D eigenvalue weighted by atomic mass is 19.1. The molecule has 1 saturated heterocycles. The summed E-state index contributed by atoms with van der Waals surface area (Å²) in [5, 5.41) is 0. The van der Waals surface area contributed by atoms with Crippen LogP contribution in [0.4, 0.5) is 4.39 Å². The number of fused-ring (bicyclic) bond motifs is 1. The fourth-order valence-corrected chi connectivity index (χ4v) is 3.79. The van der Waals surface area contributed by atoms with Crippen LogP contribution >= 0.6 is 0 Å². The van der Waals surface area contributed by atoms with Crippen LogP contribution in [-0.2, 0) is 23.4 Å². The molecule has 4 rings (SSSR count). The molecule has 0 N–H and O–H groups in total. The van der Waals surface area contributed by atoms with Gasteiger partial charge in [0.2, 0.25) is 5.91 Å². The zero-order chi connectivity index (χ0) is 16.6. The standard InChI is InChI=1S/C18H21FN4O/c19-18(15-3-1-2-8-20-15)6-10-22(11-7-18)17(24)14-4-5-16-21-9-12-23(16)13-14/h1-3,8-9,12,14H,4-7,10-11,13H2. The number of aromatic nitrogens is 3. The normalized spacial score (nSPS) is 22.9. The van der Waals surface area contributed by atoms with Crippen molar-refractivity contribution >= 4 is 5.91 Å². The van der Waals surface area contributed by atoms with Crippen LogP contribution in [0.3, 0.4) is 0 Å². The van der Waals surface area contributed by atoms with Gasteiger partial charge in [0.25, 0.3) is 0 Å². The number of likely N-dealkylation sites (tertiary alicyclic amines) is 1. The molecule has 1 atom stereocenters. The van der Waals surface area contributed by atoms with E-state index in [1.54, 1.807) is 24.5 Å². The first-order chi connectivity index (χ1) is 11.7. The van der Waals surface area contributed by atoms with Gasteiger partial charge in [0.1, 0.15) is 5.82 Å². The van der Waals surface area contributed by atoms with Gasteiger partial charge < -0.3 is 9.47 Å². The number of alkyl halides is 1. The summed E-state index contributed by atoms with van der Waals surface area (Å²) in [5.74, 6) is 1.18. The maximum atomic E-state index is 15.1. The summed E-state index contributed by atoms with van der Waals surface area (Å²) in [6.45, 7) is 1.60. The van der Waals surface area contributed by atoms with Crippen LogP contribution in [-0.4, -0.2) is 38.4 Å². The maximum absolute atomic E-state index is 15.1. The van der Waals surface area contributed by atoms with Crippen molar-refractivity contribution in [2.75, 3.05) is 13.1 Å². The Morgan fingerprint density at radius 1 is 1.21 bits per heavy atom. The minimum absolute atomic E-state index is 0.0198. The molecule has 0 saturated carbocycles. The number of pyridine rings is 1. The average molecular weight is 328 g/mol. The Morgan fingerprint density at radius 2 is 2.04 bits per heavy atom. The molecule has 6 heteroatoms. The molecule has 0 aliphatic carbocycles. The number of nitrogens with zero attached hydrogens (tertiary/aromatic N) is 4. The lowest BCUT2D eigenvalue weighted by Gasteiger charge is -2.38. The zero-order valence-electron chi connectivity index (χ0n) is 13.6. The summed E-state index contributed by atoms with van der Waals surface area (Å²) in [4.78, 5) is 23.1. The third-order valence-electron chi connectivity index (χ3n) is 5.28. The van der Waals surface area contributed by atoms with Gasteiger partial charge in [0.05, 0.1) is 11.6 Å². The molecule has 2 aliphatic heterocycles. The SMILES string of the molecule is O=C(C1CCc2nccn2C1)N1CCC(F)(c2ccccn2)CC1. The van der Waals surface area contributed by atoms with E-state index in [-0.39, 0.29) is 11.8 Å². The number of carbonyl (C=O) groups excluding carboxylic acids is 1. The van der Waals surface area contributed by atoms with Crippen molar-refractivity contribution in [2.45, 2.75) is 37.9 Å². The van der Waals surface area contributed by atoms with E-state index in [0.717, 1.165) is 18.7 Å². The van der Waals surface area contributed by atoms with Crippen molar-refractivity contribution < 1.29 is 9.18 Å². The molecule has 1 unspecified atom stereocenters. The summed E-state index contributed by atoms with van der Waals surface area (Å²) in [6.07, 6.45) is 7.63. The summed E-state index contributed by atoms with van der Waals surface area (Å²) >= 11 is 0. The van der Waals surface area contributed by atoms with Gasteiger partial charge in [-0.3, -0.25) is 9.78 Å². The fraction of sp³-hybridized carbons (Fsp3) is 0.500. The number of piperidine rings is 1. The first kappa shape index (κ1) is 15.3. The number of aryl methyl sites for hydroxylation is 1. The van der Waals surface area contributed by atoms with Gasteiger partial charge >= 0.3 is 0 Å². The van der Waals surface area contributed by atoms with Crippen LogP contribution in [0.15, 0.2) is 36.8 Å². The lowest BCUT2D eigenvalue weighted by molar-refractivity contribution is -0.139. The van der Waals surface area contributed by atoms with Gasteiger partial charge in [-0.1, -0.05) is 6.07 Å². The topological polar surface area (TPSA) is 51.0 Å². The van der Waals surface area contributed by atoms with Crippen molar-refractivity contribution in [1.82, 2.24) is 19.4 Å². The highest BCUT2D eigenvalue weighted by Crippen LogP contribution is 2.36. The molecule has 1 fully saturated rings. The molecule has 0 spiro atoms. The van der Waals surface area contributed by atoms with Crippen LogP contribution in [0.1, 0.15) is 30.8 Å². The van der Waals surface area contributed by atoms with Crippen molar-refractivity contribution in [3.63, 3.8) is 0 Å². The largest absolute Gasteiger partial charge is 0.342 e. The second-order valence-corrected chi connectivity index (χ2v) is 6.74. The summed E-state index contributed by atoms with van der Waals surface area (Å²) < 4.78 is 17.2. The van der Waals surface area contributed by atoms with Gasteiger partial charge in [-0.15, -0.1) is 0 Å². The molecule has 0 radical (unpaired) electrons. The second-order valence-electron chi connectivity index (χ2n) is 6.74. The lowest BCUT2D eigenvalue weighted by Crippen LogP contribution is -2.47. The zero-order valence-corrected chi connectivity index (χ0v) is 13.6. The van der Waals surface area contributed by atoms with E-state index in [2.05, 4.69) is 14.5 Å². The van der Waals surface area contributed by atoms with E-state index in [9.17, 15) is 4.79 Å². The number of halogens is 1. The highest BCUT2D eigenvalue weighted by Gasteiger charge is 2.40. The third kappa shape index (κ3) is 2.70. The number of amides is 1. The molecule has 2 aromatic heterocycles. The number of carbonyl (C=O) groups is 1. The molecule has 126 valence electrons. The Balaban J connectivity index is 1.40. The van der Waals surface area contributed by atoms with Gasteiger partial charge in [-0.2, -0.15) is 0 Å². The van der Waals surface area contributed by atoms with Crippen molar-refractivity contribution in [3.05, 3.63) is 48.3 Å². The summed E-state index contributed by atoms with van der Waals surface area (Å²) in [7, 11) is 0. The van der Waals surface area contributed by atoms with Gasteiger partial charge in [0, 0.05) is 57.5 Å². The number of rotatable bonds is 2. The lowest BCUT2D eigenvalue weighted by atomic mass is 9.88. The maximum Gasteiger partial charge on any atom is 0.227 e. The molecule has 5 nitrogen and oxygen atoms in total. The van der Waals surface area contributed by atoms with Crippen LogP contribution in [0, 0.1) is 5.92 Å². The van der Waals surface area contributed by atoms with Gasteiger partial charge in [-0.05, 0) is 18.6 Å². The van der Waals surface area contributed by atoms with Gasteiger partial charge in [-0.25, -0.2) is 9.37 Å². The monoisotopic (exact) mass is 328 g/mol.